The van der Waals surface area contributed by atoms with Gasteiger partial charge < -0.3 is 21.5 Å². The molecule has 1 heterocycles. The van der Waals surface area contributed by atoms with Crippen LogP contribution in [0.2, 0.25) is 0 Å². The van der Waals surface area contributed by atoms with Crippen molar-refractivity contribution in [3.05, 3.63) is 48.3 Å². The number of carbonyl (C=O) groups is 1. The number of nitrogens with two attached hydrogens (primary N) is 2. The van der Waals surface area contributed by atoms with Crippen molar-refractivity contribution in [1.82, 2.24) is 4.98 Å². The Morgan fingerprint density at radius 1 is 1.15 bits per heavy atom. The quantitative estimate of drug-likeness (QED) is 0.739. The second kappa shape index (κ2) is 5.98. The fourth-order valence-corrected chi connectivity index (χ4v) is 1.61. The molecule has 2 aromatic rings. The number of aromatic nitrogens is 1. The van der Waals surface area contributed by atoms with Crippen LogP contribution in [0.3, 0.4) is 0 Å². The lowest BCUT2D eigenvalue weighted by Gasteiger charge is -2.08. The van der Waals surface area contributed by atoms with Gasteiger partial charge in [-0.05, 0) is 42.5 Å². The highest BCUT2D eigenvalue weighted by atomic mass is 32.1. The van der Waals surface area contributed by atoms with E-state index >= 15 is 0 Å². The van der Waals surface area contributed by atoms with Gasteiger partial charge in [-0.3, -0.25) is 9.78 Å². The minimum absolute atomic E-state index is 0.147. The minimum atomic E-state index is -0.605. The number of nitrogens with one attached hydrogen (secondary N) is 1. The fraction of sp³-hybridized carbons (Fsp3) is 0. The second-order valence-corrected chi connectivity index (χ2v) is 4.30. The van der Waals surface area contributed by atoms with E-state index in [-0.39, 0.29) is 10.8 Å². The van der Waals surface area contributed by atoms with E-state index in [1.807, 2.05) is 0 Å². The van der Waals surface area contributed by atoms with E-state index in [1.165, 1.54) is 12.3 Å². The molecule has 0 fully saturated rings. The third-order valence-electron chi connectivity index (χ3n) is 2.34. The minimum Gasteiger partial charge on any atom is -0.457 e. The molecule has 0 bridgehead atoms. The van der Waals surface area contributed by atoms with Crippen molar-refractivity contribution in [2.45, 2.75) is 0 Å². The number of thiocarbonyl (C=S) groups is 1. The van der Waals surface area contributed by atoms with Crippen molar-refractivity contribution >= 4 is 28.9 Å². The summed E-state index contributed by atoms with van der Waals surface area (Å²) in [5.41, 5.74) is 11.4. The Balaban J connectivity index is 2.11. The van der Waals surface area contributed by atoms with Gasteiger partial charge in [0.15, 0.2) is 5.11 Å². The largest absolute Gasteiger partial charge is 0.457 e. The second-order valence-electron chi connectivity index (χ2n) is 3.86. The Hall–Kier alpha value is -2.67. The van der Waals surface area contributed by atoms with Crippen molar-refractivity contribution in [2.24, 2.45) is 11.5 Å². The van der Waals surface area contributed by atoms with E-state index in [0.29, 0.717) is 11.5 Å². The molecule has 0 aliphatic carbocycles. The van der Waals surface area contributed by atoms with Gasteiger partial charge in [0.25, 0.3) is 5.91 Å². The van der Waals surface area contributed by atoms with Crippen molar-refractivity contribution in [3.63, 3.8) is 0 Å². The molecule has 0 aliphatic rings. The zero-order valence-electron chi connectivity index (χ0n) is 10.4. The summed E-state index contributed by atoms with van der Waals surface area (Å²) in [5, 5.41) is 3.00. The summed E-state index contributed by atoms with van der Waals surface area (Å²) in [6.45, 7) is 0. The highest BCUT2D eigenvalue weighted by Crippen LogP contribution is 2.23. The number of hydrogen-bond acceptors (Lipinski definition) is 4. The Kier molecular flexibility index (Phi) is 4.11. The summed E-state index contributed by atoms with van der Waals surface area (Å²) in [6, 6.07) is 10.1. The molecule has 0 spiro atoms. The fourth-order valence-electron chi connectivity index (χ4n) is 1.49. The molecule has 0 radical (unpaired) electrons. The van der Waals surface area contributed by atoms with Crippen LogP contribution in [0, 0.1) is 0 Å². The number of pyridine rings is 1. The molecule has 1 aromatic carbocycles. The Morgan fingerprint density at radius 2 is 1.85 bits per heavy atom. The maximum absolute atomic E-state index is 11.0. The van der Waals surface area contributed by atoms with Gasteiger partial charge in [0.2, 0.25) is 0 Å². The van der Waals surface area contributed by atoms with Gasteiger partial charge in [0, 0.05) is 18.0 Å². The van der Waals surface area contributed by atoms with Gasteiger partial charge in [-0.15, -0.1) is 0 Å². The topological polar surface area (TPSA) is 103 Å². The smallest absolute Gasteiger partial charge is 0.267 e. The van der Waals surface area contributed by atoms with E-state index in [4.69, 9.17) is 28.4 Å². The average Bonchev–Trinajstić information content (AvgIpc) is 2.41. The molecule has 20 heavy (non-hydrogen) atoms. The molecule has 102 valence electrons. The lowest BCUT2D eigenvalue weighted by atomic mass is 10.3. The SMILES string of the molecule is NC(=O)c1cc(Oc2ccc(NC(N)=S)cc2)ccn1. The third-order valence-corrected chi connectivity index (χ3v) is 2.44. The maximum atomic E-state index is 11.0. The molecule has 0 aliphatic heterocycles. The van der Waals surface area contributed by atoms with Crippen LogP contribution in [0.4, 0.5) is 5.69 Å². The van der Waals surface area contributed by atoms with Crippen LogP contribution in [0.5, 0.6) is 11.5 Å². The molecule has 0 saturated carbocycles. The number of nitrogens with zero attached hydrogens (tertiary/aromatic N) is 1. The lowest BCUT2D eigenvalue weighted by molar-refractivity contribution is 0.0995. The first-order valence-corrected chi connectivity index (χ1v) is 6.05. The Labute approximate surface area is 120 Å². The van der Waals surface area contributed by atoms with Crippen molar-refractivity contribution in [1.29, 1.82) is 0 Å². The van der Waals surface area contributed by atoms with Crippen LogP contribution < -0.4 is 21.5 Å². The average molecular weight is 288 g/mol. The van der Waals surface area contributed by atoms with E-state index < -0.39 is 5.91 Å². The van der Waals surface area contributed by atoms with Gasteiger partial charge in [0.05, 0.1) is 0 Å². The van der Waals surface area contributed by atoms with Gasteiger partial charge in [-0.1, -0.05) is 0 Å². The first-order chi connectivity index (χ1) is 9.54. The molecule has 0 saturated heterocycles. The number of rotatable bonds is 4. The number of anilines is 1. The normalized spacial score (nSPS) is 9.80. The predicted molar refractivity (Wildman–Crippen MR) is 79.7 cm³/mol. The molecule has 1 amide bonds. The van der Waals surface area contributed by atoms with Crippen LogP contribution >= 0.6 is 12.2 Å². The zero-order valence-corrected chi connectivity index (χ0v) is 11.2. The molecular weight excluding hydrogens is 276 g/mol. The number of carbonyl (C=O) groups excluding carboxylic acids is 1. The van der Waals surface area contributed by atoms with Crippen LogP contribution in [0.25, 0.3) is 0 Å². The Morgan fingerprint density at radius 3 is 2.45 bits per heavy atom. The number of amides is 1. The van der Waals surface area contributed by atoms with Gasteiger partial charge >= 0.3 is 0 Å². The number of benzene rings is 1. The van der Waals surface area contributed by atoms with Crippen LogP contribution in [-0.2, 0) is 0 Å². The number of ether oxygens (including phenoxy) is 1. The standard InChI is InChI=1S/C13H12N4O2S/c14-12(18)11-7-10(5-6-16-11)19-9-3-1-8(2-4-9)17-13(15)20/h1-7H,(H2,14,18)(H3,15,17,20). The summed E-state index contributed by atoms with van der Waals surface area (Å²) < 4.78 is 5.59. The molecule has 5 N–H and O–H groups in total. The van der Waals surface area contributed by atoms with Crippen LogP contribution in [-0.4, -0.2) is 16.0 Å². The van der Waals surface area contributed by atoms with Crippen molar-refractivity contribution in [2.75, 3.05) is 5.32 Å². The number of hydrogen-bond donors (Lipinski definition) is 3. The van der Waals surface area contributed by atoms with E-state index in [1.54, 1.807) is 30.3 Å². The first kappa shape index (κ1) is 13.8. The zero-order chi connectivity index (χ0) is 14.5. The van der Waals surface area contributed by atoms with Gasteiger partial charge in [0.1, 0.15) is 17.2 Å². The molecular formula is C13H12N4O2S. The summed E-state index contributed by atoms with van der Waals surface area (Å²) in [7, 11) is 0. The molecule has 2 rings (SSSR count). The first-order valence-electron chi connectivity index (χ1n) is 5.65. The predicted octanol–water partition coefficient (Wildman–Crippen LogP) is 1.63. The maximum Gasteiger partial charge on any atom is 0.267 e. The monoisotopic (exact) mass is 288 g/mol. The Bertz CT molecular complexity index is 643. The molecule has 0 unspecified atom stereocenters. The van der Waals surface area contributed by atoms with E-state index in [0.717, 1.165) is 5.69 Å². The van der Waals surface area contributed by atoms with Crippen LogP contribution in [0.15, 0.2) is 42.6 Å². The van der Waals surface area contributed by atoms with Gasteiger partial charge in [-0.2, -0.15) is 0 Å². The highest BCUT2D eigenvalue weighted by Gasteiger charge is 2.04. The molecule has 6 nitrogen and oxygen atoms in total. The van der Waals surface area contributed by atoms with Gasteiger partial charge in [-0.25, -0.2) is 0 Å². The lowest BCUT2D eigenvalue weighted by Crippen LogP contribution is -2.18. The molecule has 1 aromatic heterocycles. The summed E-state index contributed by atoms with van der Waals surface area (Å²) in [6.07, 6.45) is 1.46. The van der Waals surface area contributed by atoms with Crippen molar-refractivity contribution in [3.8, 4) is 11.5 Å². The highest BCUT2D eigenvalue weighted by molar-refractivity contribution is 7.80. The third kappa shape index (κ3) is 3.66. The number of primary amides is 1. The molecule has 7 heteroatoms. The van der Waals surface area contributed by atoms with E-state index in [2.05, 4.69) is 10.3 Å². The summed E-state index contributed by atoms with van der Waals surface area (Å²) in [5.74, 6) is 0.468. The van der Waals surface area contributed by atoms with Crippen molar-refractivity contribution < 1.29 is 9.53 Å². The van der Waals surface area contributed by atoms with Crippen LogP contribution in [0.1, 0.15) is 10.5 Å². The molecule has 0 atom stereocenters. The summed E-state index contributed by atoms with van der Waals surface area (Å²) in [4.78, 5) is 14.9. The van der Waals surface area contributed by atoms with E-state index in [9.17, 15) is 4.79 Å². The summed E-state index contributed by atoms with van der Waals surface area (Å²) >= 11 is 4.74.